The molecule has 0 rings (SSSR count). The van der Waals surface area contributed by atoms with E-state index >= 15 is 0 Å². The van der Waals surface area contributed by atoms with Crippen molar-refractivity contribution in [1.82, 2.24) is 0 Å². The number of carbonyl (C=O) groups is 1. The molecule has 15 heavy (non-hydrogen) atoms. The molecule has 0 saturated carbocycles. The first-order valence-electron chi connectivity index (χ1n) is 3.46. The third-order valence-electron chi connectivity index (χ3n) is 1.41. The van der Waals surface area contributed by atoms with Crippen molar-refractivity contribution in [2.24, 2.45) is 5.41 Å². The number of hydrogen-bond donors (Lipinski definition) is 0. The molecular weight excluding hydrogens is 234 g/mol. The van der Waals surface area contributed by atoms with Crippen LogP contribution in [0.2, 0.25) is 0 Å². The highest BCUT2D eigenvalue weighted by Gasteiger charge is 2.44. The van der Waals surface area contributed by atoms with E-state index in [1.165, 1.54) is 0 Å². The molecular formula is C6H6F6O3. The molecule has 0 radical (unpaired) electrons. The molecule has 0 aromatic rings. The minimum Gasteiger partial charge on any atom is -0.289 e. The minimum atomic E-state index is -5.32. The van der Waals surface area contributed by atoms with Crippen molar-refractivity contribution in [1.29, 1.82) is 0 Å². The summed E-state index contributed by atoms with van der Waals surface area (Å²) in [7, 11) is 0. The van der Waals surface area contributed by atoms with Crippen molar-refractivity contribution in [3.63, 3.8) is 0 Å². The van der Waals surface area contributed by atoms with Gasteiger partial charge in [0.15, 0.2) is 5.41 Å². The zero-order valence-electron chi connectivity index (χ0n) is 7.11. The molecule has 0 aromatic heterocycles. The van der Waals surface area contributed by atoms with Crippen LogP contribution < -0.4 is 0 Å². The summed E-state index contributed by atoms with van der Waals surface area (Å²) in [5, 5.41) is 0. The van der Waals surface area contributed by atoms with E-state index in [2.05, 4.69) is 9.78 Å². The fourth-order valence-corrected chi connectivity index (χ4v) is 0.444. The summed E-state index contributed by atoms with van der Waals surface area (Å²) in [6, 6.07) is 0. The van der Waals surface area contributed by atoms with Crippen LogP contribution in [0.5, 0.6) is 0 Å². The molecule has 0 saturated heterocycles. The first-order chi connectivity index (χ1) is 6.81. The highest BCUT2D eigenvalue weighted by atomic mass is 19.4. The lowest BCUT2D eigenvalue weighted by Gasteiger charge is -2.20. The van der Waals surface area contributed by atoms with Crippen LogP contribution in [0.1, 0.15) is 0 Å². The number of rotatable bonds is 5. The third kappa shape index (κ3) is 3.94. The zero-order valence-corrected chi connectivity index (χ0v) is 7.11. The molecule has 0 aromatic carbocycles. The van der Waals surface area contributed by atoms with Crippen LogP contribution in [-0.4, -0.2) is 32.4 Å². The van der Waals surface area contributed by atoms with Gasteiger partial charge < -0.3 is 0 Å². The van der Waals surface area contributed by atoms with E-state index in [1.807, 2.05) is 0 Å². The molecule has 0 N–H and O–H groups in total. The monoisotopic (exact) mass is 240 g/mol. The van der Waals surface area contributed by atoms with Crippen molar-refractivity contribution in [2.75, 3.05) is 20.0 Å². The fraction of sp³-hybridized carbons (Fsp3) is 0.833. The van der Waals surface area contributed by atoms with Crippen LogP contribution >= 0.6 is 0 Å². The standard InChI is InChI=1S/C6H6F6O3/c7-1-5(2-8,3-9)4(13)14-15-6(10,11)12/h1-3H2. The number of carbonyl (C=O) groups excluding carboxylic acids is 1. The molecule has 0 aliphatic rings. The van der Waals surface area contributed by atoms with Crippen molar-refractivity contribution >= 4 is 5.97 Å². The lowest BCUT2D eigenvalue weighted by Crippen LogP contribution is -2.40. The van der Waals surface area contributed by atoms with E-state index in [-0.39, 0.29) is 0 Å². The van der Waals surface area contributed by atoms with Gasteiger partial charge in [0.05, 0.1) is 0 Å². The van der Waals surface area contributed by atoms with Gasteiger partial charge in [0, 0.05) is 0 Å². The van der Waals surface area contributed by atoms with Crippen molar-refractivity contribution in [3.8, 4) is 0 Å². The van der Waals surface area contributed by atoms with Crippen LogP contribution in [0.15, 0.2) is 0 Å². The smallest absolute Gasteiger partial charge is 0.289 e. The molecule has 0 aliphatic heterocycles. The van der Waals surface area contributed by atoms with E-state index in [0.717, 1.165) is 0 Å². The number of hydrogen-bond acceptors (Lipinski definition) is 3. The molecule has 0 atom stereocenters. The molecule has 3 nitrogen and oxygen atoms in total. The van der Waals surface area contributed by atoms with Crippen molar-refractivity contribution in [2.45, 2.75) is 6.36 Å². The molecule has 0 heterocycles. The SMILES string of the molecule is O=C(OOC(F)(F)F)C(CF)(CF)CF. The Morgan fingerprint density at radius 3 is 1.67 bits per heavy atom. The molecule has 0 bridgehead atoms. The summed E-state index contributed by atoms with van der Waals surface area (Å²) in [4.78, 5) is 16.3. The Bertz CT molecular complexity index is 203. The average Bonchev–Trinajstić information content (AvgIpc) is 2.17. The number of halogens is 6. The summed E-state index contributed by atoms with van der Waals surface area (Å²) in [6.07, 6.45) is -5.32. The van der Waals surface area contributed by atoms with Crippen LogP contribution in [-0.2, 0) is 14.6 Å². The van der Waals surface area contributed by atoms with Crippen LogP contribution in [0.4, 0.5) is 26.3 Å². The van der Waals surface area contributed by atoms with Gasteiger partial charge in [-0.3, -0.25) is 4.89 Å². The largest absolute Gasteiger partial charge is 0.558 e. The predicted octanol–water partition coefficient (Wildman–Crippen LogP) is 1.88. The molecule has 0 unspecified atom stereocenters. The molecule has 9 heteroatoms. The molecule has 0 amide bonds. The van der Waals surface area contributed by atoms with Gasteiger partial charge in [0.1, 0.15) is 20.0 Å². The van der Waals surface area contributed by atoms with Gasteiger partial charge in [-0.2, -0.15) is 0 Å². The van der Waals surface area contributed by atoms with Gasteiger partial charge in [0.25, 0.3) is 0 Å². The third-order valence-corrected chi connectivity index (χ3v) is 1.41. The maximum atomic E-state index is 12.1. The molecule has 0 fully saturated rings. The highest BCUT2D eigenvalue weighted by Crippen LogP contribution is 2.24. The molecule has 0 spiro atoms. The Labute approximate surface area is 79.9 Å². The summed E-state index contributed by atoms with van der Waals surface area (Å²) >= 11 is 0. The van der Waals surface area contributed by atoms with E-state index in [9.17, 15) is 31.1 Å². The van der Waals surface area contributed by atoms with Gasteiger partial charge in [-0.25, -0.2) is 18.0 Å². The van der Waals surface area contributed by atoms with Gasteiger partial charge in [-0.15, -0.1) is 13.2 Å². The first-order valence-corrected chi connectivity index (χ1v) is 3.46. The minimum absolute atomic E-state index is 1.83. The second-order valence-corrected chi connectivity index (χ2v) is 2.58. The Morgan fingerprint density at radius 1 is 1.00 bits per heavy atom. The summed E-state index contributed by atoms with van der Waals surface area (Å²) in [6.45, 7) is -5.50. The maximum Gasteiger partial charge on any atom is 0.558 e. The Kier molecular flexibility index (Phi) is 4.85. The maximum absolute atomic E-state index is 12.1. The summed E-state index contributed by atoms with van der Waals surface area (Å²) in [5.74, 6) is -2.09. The first kappa shape index (κ1) is 14.0. The summed E-state index contributed by atoms with van der Waals surface area (Å²) < 4.78 is 70.2. The predicted molar refractivity (Wildman–Crippen MR) is 33.6 cm³/mol. The topological polar surface area (TPSA) is 35.5 Å². The van der Waals surface area contributed by atoms with E-state index < -0.39 is 37.8 Å². The highest BCUT2D eigenvalue weighted by molar-refractivity contribution is 5.76. The lowest BCUT2D eigenvalue weighted by atomic mass is 9.94. The average molecular weight is 240 g/mol. The lowest BCUT2D eigenvalue weighted by molar-refractivity contribution is -0.465. The van der Waals surface area contributed by atoms with Gasteiger partial charge in [0.2, 0.25) is 0 Å². The summed E-state index contributed by atoms with van der Waals surface area (Å²) in [5.41, 5.74) is -2.88. The Balaban J connectivity index is 4.40. The van der Waals surface area contributed by atoms with Crippen LogP contribution in [0.3, 0.4) is 0 Å². The van der Waals surface area contributed by atoms with Crippen molar-refractivity contribution < 1.29 is 40.9 Å². The Morgan fingerprint density at radius 2 is 1.40 bits per heavy atom. The second kappa shape index (κ2) is 5.19. The Hall–Kier alpha value is -0.990. The van der Waals surface area contributed by atoms with E-state index in [1.54, 1.807) is 0 Å². The molecule has 90 valence electrons. The van der Waals surface area contributed by atoms with Crippen LogP contribution in [0, 0.1) is 5.41 Å². The molecule has 0 aliphatic carbocycles. The van der Waals surface area contributed by atoms with Gasteiger partial charge in [-0.05, 0) is 0 Å². The quantitative estimate of drug-likeness (QED) is 0.418. The second-order valence-electron chi connectivity index (χ2n) is 2.58. The normalized spacial score (nSPS) is 12.7. The fourth-order valence-electron chi connectivity index (χ4n) is 0.444. The van der Waals surface area contributed by atoms with E-state index in [4.69, 9.17) is 0 Å². The van der Waals surface area contributed by atoms with Gasteiger partial charge >= 0.3 is 12.3 Å². The number of alkyl halides is 6. The van der Waals surface area contributed by atoms with Crippen LogP contribution in [0.25, 0.3) is 0 Å². The van der Waals surface area contributed by atoms with Gasteiger partial charge in [-0.1, -0.05) is 4.89 Å². The van der Waals surface area contributed by atoms with Crippen molar-refractivity contribution in [3.05, 3.63) is 0 Å². The zero-order chi connectivity index (χ0) is 12.1. The van der Waals surface area contributed by atoms with E-state index in [0.29, 0.717) is 0 Å².